The van der Waals surface area contributed by atoms with Gasteiger partial charge in [0.2, 0.25) is 0 Å². The molecule has 0 saturated carbocycles. The molecule has 0 atom stereocenters. The summed E-state index contributed by atoms with van der Waals surface area (Å²) in [6.45, 7) is 1.82. The molecule has 2 rings (SSSR count). The number of hydrogen-bond donors (Lipinski definition) is 2. The molecule has 0 fully saturated rings. The molecule has 0 radical (unpaired) electrons. The predicted molar refractivity (Wildman–Crippen MR) is 81.3 cm³/mol. The average Bonchev–Trinajstić information content (AvgIpc) is 2.49. The van der Waals surface area contributed by atoms with Crippen molar-refractivity contribution in [1.29, 1.82) is 0 Å². The van der Waals surface area contributed by atoms with Crippen LogP contribution in [0.4, 0.5) is 0 Å². The minimum Gasteiger partial charge on any atom is -0.478 e. The highest BCUT2D eigenvalue weighted by Crippen LogP contribution is 2.22. The molecule has 0 aromatic heterocycles. The second-order valence-corrected chi connectivity index (χ2v) is 5.26. The number of carbonyl (C=O) groups is 2. The van der Waals surface area contributed by atoms with Gasteiger partial charge in [0.05, 0.1) is 11.1 Å². The third-order valence-electron chi connectivity index (χ3n) is 3.21. The van der Waals surface area contributed by atoms with Crippen LogP contribution in [0.25, 0.3) is 0 Å². The van der Waals surface area contributed by atoms with Crippen molar-refractivity contribution < 1.29 is 24.0 Å². The lowest BCUT2D eigenvalue weighted by Gasteiger charge is -2.23. The topological polar surface area (TPSA) is 94.9 Å². The van der Waals surface area contributed by atoms with Gasteiger partial charge >= 0.3 is 11.9 Å². The molecule has 2 N–H and O–H groups in total. The second-order valence-electron chi connectivity index (χ2n) is 4.71. The maximum absolute atomic E-state index is 11.5. The lowest BCUT2D eigenvalue weighted by molar-refractivity contribution is -0.133. The van der Waals surface area contributed by atoms with Crippen molar-refractivity contribution in [3.8, 4) is 0 Å². The van der Waals surface area contributed by atoms with Crippen LogP contribution in [0.1, 0.15) is 17.5 Å². The molecule has 1 aromatic rings. The molecule has 114 valence electrons. The van der Waals surface area contributed by atoms with Gasteiger partial charge in [0.15, 0.2) is 0 Å². The minimum absolute atomic E-state index is 0.0833. The standard InChI is InChI=1S/C15H13NO5S/c1-9-4-2-3-5-12(9)13(22-21)16-7-10(14(17)18)6-11(8-16)15(19)20/h2-5,7-8H,6H2,1H3,(H,17,18)(H,19,20). The molecule has 0 aliphatic carbocycles. The van der Waals surface area contributed by atoms with Gasteiger partial charge in [-0.1, -0.05) is 24.3 Å². The van der Waals surface area contributed by atoms with Gasteiger partial charge in [-0.15, -0.1) is 0 Å². The summed E-state index contributed by atoms with van der Waals surface area (Å²) < 4.78 is 11.5. The summed E-state index contributed by atoms with van der Waals surface area (Å²) in [5.74, 6) is -2.42. The SMILES string of the molecule is Cc1ccccc1C(=S=O)N1C=C(C(=O)O)CC(C(=O)O)=C1. The summed E-state index contributed by atoms with van der Waals surface area (Å²) in [6.07, 6.45) is 2.37. The molecular formula is C15H13NO5S. The van der Waals surface area contributed by atoms with E-state index in [-0.39, 0.29) is 33.8 Å². The highest BCUT2D eigenvalue weighted by Gasteiger charge is 2.24. The molecule has 1 heterocycles. The molecule has 0 spiro atoms. The van der Waals surface area contributed by atoms with Gasteiger partial charge in [-0.05, 0) is 12.5 Å². The van der Waals surface area contributed by atoms with Crippen molar-refractivity contribution in [2.75, 3.05) is 0 Å². The predicted octanol–water partition coefficient (Wildman–Crippen LogP) is 1.33. The highest BCUT2D eigenvalue weighted by atomic mass is 32.1. The first-order valence-corrected chi connectivity index (χ1v) is 7.07. The molecule has 1 aromatic carbocycles. The lowest BCUT2D eigenvalue weighted by atomic mass is 10.0. The first-order valence-electron chi connectivity index (χ1n) is 6.33. The first kappa shape index (κ1) is 15.7. The first-order chi connectivity index (χ1) is 10.4. The van der Waals surface area contributed by atoms with Crippen molar-refractivity contribution in [3.63, 3.8) is 0 Å². The molecule has 1 aliphatic heterocycles. The van der Waals surface area contributed by atoms with Crippen molar-refractivity contribution in [1.82, 2.24) is 4.90 Å². The van der Waals surface area contributed by atoms with E-state index in [1.165, 1.54) is 17.3 Å². The van der Waals surface area contributed by atoms with Crippen molar-refractivity contribution >= 4 is 28.2 Å². The molecule has 0 unspecified atom stereocenters. The summed E-state index contributed by atoms with van der Waals surface area (Å²) in [7, 11) is 0. The van der Waals surface area contributed by atoms with Crippen LogP contribution >= 0.6 is 0 Å². The fourth-order valence-electron chi connectivity index (χ4n) is 2.09. The summed E-state index contributed by atoms with van der Waals surface area (Å²) in [5.41, 5.74) is 1.30. The van der Waals surface area contributed by atoms with E-state index >= 15 is 0 Å². The summed E-state index contributed by atoms with van der Waals surface area (Å²) in [5, 5.41) is 18.3. The van der Waals surface area contributed by atoms with E-state index in [0.717, 1.165) is 5.56 Å². The zero-order valence-corrected chi connectivity index (χ0v) is 12.5. The smallest absolute Gasteiger partial charge is 0.333 e. The molecule has 0 amide bonds. The van der Waals surface area contributed by atoms with Gasteiger partial charge in [-0.2, -0.15) is 0 Å². The van der Waals surface area contributed by atoms with Crippen LogP contribution < -0.4 is 0 Å². The van der Waals surface area contributed by atoms with E-state index in [2.05, 4.69) is 0 Å². The highest BCUT2D eigenvalue weighted by molar-refractivity contribution is 7.66. The average molecular weight is 319 g/mol. The van der Waals surface area contributed by atoms with Crippen LogP contribution in [-0.4, -0.2) is 36.2 Å². The number of nitrogens with zero attached hydrogens (tertiary/aromatic N) is 1. The maximum atomic E-state index is 11.5. The van der Waals surface area contributed by atoms with E-state index in [4.69, 9.17) is 10.2 Å². The Balaban J connectivity index is 2.54. The van der Waals surface area contributed by atoms with Crippen LogP contribution in [0.5, 0.6) is 0 Å². The molecule has 7 heteroatoms. The molecule has 0 bridgehead atoms. The quantitative estimate of drug-likeness (QED) is 0.816. The number of carboxylic acids is 2. The Morgan fingerprint density at radius 2 is 1.64 bits per heavy atom. The number of rotatable bonds is 3. The number of aryl methyl sites for hydroxylation is 1. The number of carboxylic acid groups (broad SMARTS) is 2. The zero-order chi connectivity index (χ0) is 16.3. The Labute approximate surface area is 130 Å². The third-order valence-corrected chi connectivity index (χ3v) is 3.80. The van der Waals surface area contributed by atoms with Crippen molar-refractivity contribution in [3.05, 3.63) is 58.9 Å². The van der Waals surface area contributed by atoms with Crippen molar-refractivity contribution in [2.24, 2.45) is 0 Å². The second kappa shape index (κ2) is 6.40. The van der Waals surface area contributed by atoms with Gasteiger partial charge in [0, 0.05) is 24.4 Å². The Hall–Kier alpha value is -2.67. The maximum Gasteiger partial charge on any atom is 0.333 e. The van der Waals surface area contributed by atoms with E-state index in [9.17, 15) is 13.8 Å². The fraction of sp³-hybridized carbons (Fsp3) is 0.133. The normalized spacial score (nSPS) is 14.0. The van der Waals surface area contributed by atoms with E-state index in [1.807, 2.05) is 19.1 Å². The fourth-order valence-corrected chi connectivity index (χ4v) is 2.60. The van der Waals surface area contributed by atoms with Crippen LogP contribution in [0, 0.1) is 6.92 Å². The van der Waals surface area contributed by atoms with Gasteiger partial charge in [0.1, 0.15) is 16.2 Å². The molecule has 0 saturated heterocycles. The lowest BCUT2D eigenvalue weighted by Crippen LogP contribution is -2.28. The molecular weight excluding hydrogens is 306 g/mol. The van der Waals surface area contributed by atoms with Gasteiger partial charge in [-0.3, -0.25) is 0 Å². The van der Waals surface area contributed by atoms with Gasteiger partial charge in [-0.25, -0.2) is 13.8 Å². The Morgan fingerprint density at radius 1 is 1.09 bits per heavy atom. The monoisotopic (exact) mass is 319 g/mol. The molecule has 6 nitrogen and oxygen atoms in total. The Morgan fingerprint density at radius 3 is 2.09 bits per heavy atom. The largest absolute Gasteiger partial charge is 0.478 e. The third kappa shape index (κ3) is 3.15. The number of benzene rings is 1. The summed E-state index contributed by atoms with van der Waals surface area (Å²) >= 11 is 0.189. The summed E-state index contributed by atoms with van der Waals surface area (Å²) in [4.78, 5) is 23.9. The Bertz CT molecular complexity index is 729. The Kier molecular flexibility index (Phi) is 4.57. The minimum atomic E-state index is -1.21. The number of hydrogen-bond acceptors (Lipinski definition) is 3. The van der Waals surface area contributed by atoms with Crippen LogP contribution in [-0.2, 0) is 20.8 Å². The van der Waals surface area contributed by atoms with E-state index in [1.54, 1.807) is 12.1 Å². The van der Waals surface area contributed by atoms with Crippen LogP contribution in [0.15, 0.2) is 47.8 Å². The molecule has 1 aliphatic rings. The van der Waals surface area contributed by atoms with Crippen LogP contribution in [0.3, 0.4) is 0 Å². The van der Waals surface area contributed by atoms with Gasteiger partial charge < -0.3 is 15.1 Å². The van der Waals surface area contributed by atoms with E-state index < -0.39 is 11.9 Å². The van der Waals surface area contributed by atoms with E-state index in [0.29, 0.717) is 5.56 Å². The number of aliphatic carboxylic acids is 2. The van der Waals surface area contributed by atoms with Gasteiger partial charge in [0.25, 0.3) is 0 Å². The van der Waals surface area contributed by atoms with Crippen LogP contribution in [0.2, 0.25) is 0 Å². The zero-order valence-electron chi connectivity index (χ0n) is 11.6. The van der Waals surface area contributed by atoms with Crippen molar-refractivity contribution in [2.45, 2.75) is 13.3 Å². The molecule has 22 heavy (non-hydrogen) atoms. The summed E-state index contributed by atoms with van der Waals surface area (Å²) in [6, 6.07) is 7.12.